The van der Waals surface area contributed by atoms with Crippen molar-refractivity contribution >= 4 is 40.7 Å². The Morgan fingerprint density at radius 3 is 2.61 bits per heavy atom. The minimum atomic E-state index is -0.244. The molecular weight excluding hydrogens is 374 g/mol. The average Bonchev–Trinajstić information content (AvgIpc) is 3.37. The fraction of sp³-hybridized carbons (Fsp3) is 0.455. The fourth-order valence-electron chi connectivity index (χ4n) is 5.30. The van der Waals surface area contributed by atoms with Crippen LogP contribution in [0.5, 0.6) is 0 Å². The van der Waals surface area contributed by atoms with Gasteiger partial charge in [0.05, 0.1) is 11.6 Å². The van der Waals surface area contributed by atoms with Crippen LogP contribution in [0.4, 0.5) is 5.69 Å². The van der Waals surface area contributed by atoms with Crippen molar-refractivity contribution < 1.29 is 9.59 Å². The number of hydrogen-bond donors (Lipinski definition) is 1. The maximum atomic E-state index is 13.1. The summed E-state index contributed by atoms with van der Waals surface area (Å²) in [4.78, 5) is 29.6. The Bertz CT molecular complexity index is 912. The van der Waals surface area contributed by atoms with E-state index < -0.39 is 0 Å². The Kier molecular flexibility index (Phi) is 5.06. The van der Waals surface area contributed by atoms with E-state index in [1.807, 2.05) is 47.4 Å². The number of nitrogens with zero attached hydrogens (tertiary/aromatic N) is 2. The summed E-state index contributed by atoms with van der Waals surface area (Å²) in [5.74, 6) is 0.926. The molecular formula is C22H26ClN3O2. The molecule has 148 valence electrons. The van der Waals surface area contributed by atoms with Crippen LogP contribution in [0.15, 0.2) is 42.5 Å². The summed E-state index contributed by atoms with van der Waals surface area (Å²) in [6.45, 7) is 2.06. The lowest BCUT2D eigenvalue weighted by Gasteiger charge is -2.23. The van der Waals surface area contributed by atoms with E-state index in [9.17, 15) is 9.59 Å². The van der Waals surface area contributed by atoms with Crippen LogP contribution in [0.1, 0.15) is 19.3 Å². The van der Waals surface area contributed by atoms with E-state index in [-0.39, 0.29) is 36.2 Å². The molecule has 0 aromatic heterocycles. The van der Waals surface area contributed by atoms with Gasteiger partial charge in [0.15, 0.2) is 0 Å². The zero-order valence-electron chi connectivity index (χ0n) is 15.8. The summed E-state index contributed by atoms with van der Waals surface area (Å²) < 4.78 is 0. The third-order valence-corrected chi connectivity index (χ3v) is 6.76. The predicted molar refractivity (Wildman–Crippen MR) is 112 cm³/mol. The summed E-state index contributed by atoms with van der Waals surface area (Å²) in [6.07, 6.45) is 2.51. The minimum absolute atomic E-state index is 0. The second-order valence-electron chi connectivity index (χ2n) is 8.31. The molecule has 6 heteroatoms. The maximum absolute atomic E-state index is 13.1. The van der Waals surface area contributed by atoms with Crippen LogP contribution in [0.25, 0.3) is 10.8 Å². The van der Waals surface area contributed by atoms with Crippen molar-refractivity contribution in [3.63, 3.8) is 0 Å². The number of nitrogens with two attached hydrogens (primary N) is 1. The first-order valence-electron chi connectivity index (χ1n) is 9.94. The van der Waals surface area contributed by atoms with Gasteiger partial charge >= 0.3 is 0 Å². The molecule has 1 saturated carbocycles. The van der Waals surface area contributed by atoms with Crippen molar-refractivity contribution in [3.05, 3.63) is 42.5 Å². The van der Waals surface area contributed by atoms with Gasteiger partial charge in [-0.05, 0) is 36.1 Å². The SMILES string of the molecule is Cl.NC1CCC2CN(C(=O)C3CC(=O)N(c4cccc5ccccc45)C3)CC12. The first kappa shape index (κ1) is 19.2. The number of likely N-dealkylation sites (tertiary alicyclic amines) is 1. The number of carbonyl (C=O) groups excluding carboxylic acids is 2. The van der Waals surface area contributed by atoms with Crippen LogP contribution in [0.2, 0.25) is 0 Å². The molecule has 2 N–H and O–H groups in total. The van der Waals surface area contributed by atoms with E-state index in [2.05, 4.69) is 0 Å². The van der Waals surface area contributed by atoms with Gasteiger partial charge in [-0.1, -0.05) is 36.4 Å². The zero-order chi connectivity index (χ0) is 18.5. The highest BCUT2D eigenvalue weighted by molar-refractivity contribution is 6.07. The third-order valence-electron chi connectivity index (χ3n) is 6.76. The Labute approximate surface area is 171 Å². The highest BCUT2D eigenvalue weighted by atomic mass is 35.5. The molecule has 28 heavy (non-hydrogen) atoms. The zero-order valence-corrected chi connectivity index (χ0v) is 16.6. The Morgan fingerprint density at radius 1 is 1.00 bits per heavy atom. The first-order valence-corrected chi connectivity index (χ1v) is 9.94. The summed E-state index contributed by atoms with van der Waals surface area (Å²) in [7, 11) is 0. The van der Waals surface area contributed by atoms with Crippen LogP contribution in [0, 0.1) is 17.8 Å². The number of halogens is 1. The van der Waals surface area contributed by atoms with Crippen LogP contribution >= 0.6 is 12.4 Å². The molecule has 5 rings (SSSR count). The summed E-state index contributed by atoms with van der Waals surface area (Å²) >= 11 is 0. The Hall–Kier alpha value is -2.11. The van der Waals surface area contributed by atoms with Gasteiger partial charge in [0, 0.05) is 37.5 Å². The number of hydrogen-bond acceptors (Lipinski definition) is 3. The highest BCUT2D eigenvalue weighted by Gasteiger charge is 2.45. The highest BCUT2D eigenvalue weighted by Crippen LogP contribution is 2.39. The van der Waals surface area contributed by atoms with Crippen LogP contribution < -0.4 is 10.6 Å². The Balaban J connectivity index is 0.00000192. The lowest BCUT2D eigenvalue weighted by Crippen LogP contribution is -2.38. The number of amides is 2. The second-order valence-corrected chi connectivity index (χ2v) is 8.31. The Morgan fingerprint density at radius 2 is 1.79 bits per heavy atom. The summed E-state index contributed by atoms with van der Waals surface area (Å²) in [5, 5.41) is 2.17. The van der Waals surface area contributed by atoms with Crippen LogP contribution in [-0.2, 0) is 9.59 Å². The summed E-state index contributed by atoms with van der Waals surface area (Å²) in [6, 6.07) is 14.3. The van der Waals surface area contributed by atoms with Gasteiger partial charge in [-0.2, -0.15) is 0 Å². The van der Waals surface area contributed by atoms with E-state index in [1.165, 1.54) is 0 Å². The topological polar surface area (TPSA) is 66.6 Å². The van der Waals surface area contributed by atoms with Crippen LogP contribution in [0.3, 0.4) is 0 Å². The lowest BCUT2D eigenvalue weighted by atomic mass is 9.98. The molecule has 4 atom stereocenters. The normalized spacial score (nSPS) is 29.2. The summed E-state index contributed by atoms with van der Waals surface area (Å²) in [5.41, 5.74) is 7.12. The van der Waals surface area contributed by atoms with E-state index in [0.29, 0.717) is 24.8 Å². The number of carbonyl (C=O) groups is 2. The minimum Gasteiger partial charge on any atom is -0.342 e. The van der Waals surface area contributed by atoms with Crippen molar-refractivity contribution in [1.82, 2.24) is 4.90 Å². The van der Waals surface area contributed by atoms with E-state index in [1.54, 1.807) is 4.90 Å². The van der Waals surface area contributed by atoms with Crippen molar-refractivity contribution in [3.8, 4) is 0 Å². The molecule has 5 nitrogen and oxygen atoms in total. The monoisotopic (exact) mass is 399 g/mol. The van der Waals surface area contributed by atoms with Crippen molar-refractivity contribution in [2.24, 2.45) is 23.5 Å². The second kappa shape index (κ2) is 7.37. The van der Waals surface area contributed by atoms with E-state index in [4.69, 9.17) is 5.73 Å². The molecule has 0 radical (unpaired) electrons. The molecule has 0 bridgehead atoms. The average molecular weight is 400 g/mol. The van der Waals surface area contributed by atoms with Crippen molar-refractivity contribution in [2.45, 2.75) is 25.3 Å². The van der Waals surface area contributed by atoms with Gasteiger partial charge in [-0.3, -0.25) is 9.59 Å². The lowest BCUT2D eigenvalue weighted by molar-refractivity contribution is -0.135. The van der Waals surface area contributed by atoms with Gasteiger partial charge < -0.3 is 15.5 Å². The molecule has 2 saturated heterocycles. The standard InChI is InChI=1S/C22H25N3O2.ClH/c23-19-9-8-15-11-24(13-18(15)19)22(27)16-10-21(26)25(12-16)20-7-3-5-14-4-1-2-6-17(14)20;/h1-7,15-16,18-19H,8-13,23H2;1H. The molecule has 3 fully saturated rings. The molecule has 2 aromatic rings. The molecule has 2 aromatic carbocycles. The number of rotatable bonds is 2. The van der Waals surface area contributed by atoms with E-state index in [0.717, 1.165) is 42.4 Å². The molecule has 3 aliphatic rings. The van der Waals surface area contributed by atoms with Gasteiger partial charge in [0.1, 0.15) is 0 Å². The molecule has 2 heterocycles. The fourth-order valence-corrected chi connectivity index (χ4v) is 5.30. The van der Waals surface area contributed by atoms with Gasteiger partial charge in [0.25, 0.3) is 0 Å². The van der Waals surface area contributed by atoms with Crippen LogP contribution in [-0.4, -0.2) is 42.4 Å². The smallest absolute Gasteiger partial charge is 0.228 e. The molecule has 4 unspecified atom stereocenters. The molecule has 2 aliphatic heterocycles. The number of benzene rings is 2. The maximum Gasteiger partial charge on any atom is 0.228 e. The number of anilines is 1. The van der Waals surface area contributed by atoms with Crippen molar-refractivity contribution in [1.29, 1.82) is 0 Å². The molecule has 2 amide bonds. The first-order chi connectivity index (χ1) is 13.1. The van der Waals surface area contributed by atoms with Gasteiger partial charge in [0.2, 0.25) is 11.8 Å². The predicted octanol–water partition coefficient (Wildman–Crippen LogP) is 2.81. The molecule has 1 aliphatic carbocycles. The molecule has 0 spiro atoms. The van der Waals surface area contributed by atoms with Crippen molar-refractivity contribution in [2.75, 3.05) is 24.5 Å². The quantitative estimate of drug-likeness (QED) is 0.844. The number of fused-ring (bicyclic) bond motifs is 2. The third kappa shape index (κ3) is 3.07. The van der Waals surface area contributed by atoms with Gasteiger partial charge in [-0.25, -0.2) is 0 Å². The van der Waals surface area contributed by atoms with Gasteiger partial charge in [-0.15, -0.1) is 12.4 Å². The van der Waals surface area contributed by atoms with E-state index >= 15 is 0 Å². The largest absolute Gasteiger partial charge is 0.342 e.